The predicted octanol–water partition coefficient (Wildman–Crippen LogP) is 28.8. The van der Waals surface area contributed by atoms with E-state index in [0.29, 0.717) is 29.8 Å². The van der Waals surface area contributed by atoms with Gasteiger partial charge in [-0.3, -0.25) is 0 Å². The predicted molar refractivity (Wildman–Crippen MR) is 477 cm³/mol. The van der Waals surface area contributed by atoms with E-state index in [1.54, 1.807) is 0 Å². The first kappa shape index (κ1) is 64.9. The maximum atomic E-state index is 12.0. The first-order valence-electron chi connectivity index (χ1n) is 39.2. The van der Waals surface area contributed by atoms with E-state index in [9.17, 15) is 5.26 Å². The third-order valence-electron chi connectivity index (χ3n) is 24.2. The number of benzene rings is 18. The van der Waals surface area contributed by atoms with Crippen LogP contribution in [0.3, 0.4) is 0 Å². The molecule has 18 aromatic carbocycles. The molecule has 23 rings (SSSR count). The van der Waals surface area contributed by atoms with Gasteiger partial charge < -0.3 is 23.5 Å². The Morgan fingerprint density at radius 2 is 0.982 bits per heavy atom. The fourth-order valence-corrected chi connectivity index (χ4v) is 19.1. The Balaban J connectivity index is 0.845. The minimum atomic E-state index is -0.196. The van der Waals surface area contributed by atoms with Crippen LogP contribution in [0.1, 0.15) is 33.4 Å². The van der Waals surface area contributed by atoms with E-state index in [2.05, 4.69) is 403 Å². The average molecular weight is 1450 g/mol. The minimum Gasteiger partial charge on any atom is -0.455 e. The van der Waals surface area contributed by atoms with Gasteiger partial charge in [0.25, 0.3) is 0 Å². The molecule has 0 saturated carbocycles. The molecule has 4 heterocycles. The van der Waals surface area contributed by atoms with Crippen molar-refractivity contribution in [1.29, 1.82) is 5.26 Å². The van der Waals surface area contributed by atoms with Crippen molar-refractivity contribution in [3.8, 4) is 39.4 Å². The molecule has 0 spiro atoms. The molecule has 532 valence electrons. The quantitative estimate of drug-likeness (QED) is 0.120. The lowest BCUT2D eigenvalue weighted by Crippen LogP contribution is -2.35. The third kappa shape index (κ3) is 10.2. The number of hydrogen-bond donors (Lipinski definition) is 0. The van der Waals surface area contributed by atoms with Crippen LogP contribution in [-0.2, 0) is 6.54 Å². The Kier molecular flexibility index (Phi) is 14.8. The van der Waals surface area contributed by atoms with Crippen LogP contribution >= 0.6 is 0 Å². The number of anilines is 6. The van der Waals surface area contributed by atoms with Gasteiger partial charge in [0, 0.05) is 90.6 Å². The SMILES string of the molecule is N#Cc1cc2cc(N(Cc3cc4ccccc4c4ccccc34)c3ccc(-c4cccc5ccccc45)c4ccccc34)c3cc(-c4ccc(-c5ccccc5)cc4)c4c5ccc(N6CC=C(c7ccccc7)c7ccccc76)cc5oc4c3c2c2c1oc1c(N3c4ccccc4C=C4C(c5ccccc5)=CC=CC43)cccc12. The van der Waals surface area contributed by atoms with Crippen molar-refractivity contribution in [2.45, 2.75) is 12.6 Å². The van der Waals surface area contributed by atoms with Crippen LogP contribution in [0.5, 0.6) is 0 Å². The Bertz CT molecular complexity index is 7620. The molecule has 0 saturated heterocycles. The zero-order chi connectivity index (χ0) is 75.1. The van der Waals surface area contributed by atoms with Crippen molar-refractivity contribution in [1.82, 2.24) is 0 Å². The maximum absolute atomic E-state index is 12.0. The molecular formula is C108H68N4O2. The van der Waals surface area contributed by atoms with Crippen LogP contribution in [0.25, 0.3) is 159 Å². The van der Waals surface area contributed by atoms with Gasteiger partial charge in [-0.1, -0.05) is 309 Å². The van der Waals surface area contributed by atoms with E-state index in [-0.39, 0.29) is 6.04 Å². The van der Waals surface area contributed by atoms with Gasteiger partial charge in [0.2, 0.25) is 0 Å². The van der Waals surface area contributed by atoms with E-state index < -0.39 is 0 Å². The van der Waals surface area contributed by atoms with Crippen LogP contribution in [0.2, 0.25) is 0 Å². The Morgan fingerprint density at radius 3 is 1.79 bits per heavy atom. The molecule has 20 aromatic rings. The third-order valence-corrected chi connectivity index (χ3v) is 24.2. The first-order chi connectivity index (χ1) is 56.5. The Labute approximate surface area is 658 Å². The van der Waals surface area contributed by atoms with Crippen LogP contribution in [0, 0.1) is 11.3 Å². The smallest absolute Gasteiger partial charge is 0.159 e. The van der Waals surface area contributed by atoms with Gasteiger partial charge in [0.15, 0.2) is 11.2 Å². The van der Waals surface area contributed by atoms with Gasteiger partial charge in [-0.05, 0) is 182 Å². The van der Waals surface area contributed by atoms with Gasteiger partial charge in [-0.25, -0.2) is 0 Å². The fraction of sp³-hybridized carbons (Fsp3) is 0.0278. The molecule has 1 unspecified atom stereocenters. The van der Waals surface area contributed by atoms with Gasteiger partial charge in [0.05, 0.1) is 23.0 Å². The molecule has 0 bridgehead atoms. The second-order valence-electron chi connectivity index (χ2n) is 30.3. The number of furan rings is 2. The summed E-state index contributed by atoms with van der Waals surface area (Å²) in [5.74, 6) is 0. The molecule has 6 heteroatoms. The molecule has 0 radical (unpaired) electrons. The summed E-state index contributed by atoms with van der Waals surface area (Å²) >= 11 is 0. The number of hydrogen-bond acceptors (Lipinski definition) is 6. The van der Waals surface area contributed by atoms with E-state index in [4.69, 9.17) is 8.83 Å². The lowest BCUT2D eigenvalue weighted by molar-refractivity contribution is 0.666. The van der Waals surface area contributed by atoms with Crippen LogP contribution in [-0.4, -0.2) is 12.6 Å². The summed E-state index contributed by atoms with van der Waals surface area (Å²) in [6.45, 7) is 1.11. The lowest BCUT2D eigenvalue weighted by Gasteiger charge is -2.39. The molecular weight excluding hydrogens is 1390 g/mol. The van der Waals surface area contributed by atoms with Crippen molar-refractivity contribution in [3.05, 3.63) is 415 Å². The summed E-state index contributed by atoms with van der Waals surface area (Å²) in [6, 6.07) is 131. The number of nitrogens with zero attached hydrogens (tertiary/aromatic N) is 4. The molecule has 6 nitrogen and oxygen atoms in total. The van der Waals surface area contributed by atoms with Crippen LogP contribution < -0.4 is 14.7 Å². The molecule has 1 atom stereocenters. The highest BCUT2D eigenvalue weighted by atomic mass is 16.3. The maximum Gasteiger partial charge on any atom is 0.159 e. The minimum absolute atomic E-state index is 0.196. The van der Waals surface area contributed by atoms with Crippen molar-refractivity contribution in [2.75, 3.05) is 21.2 Å². The van der Waals surface area contributed by atoms with E-state index in [1.807, 2.05) is 0 Å². The number of para-hydroxylation sites is 3. The standard InChI is InChI=1S/C108H68N4O2/c109-65-76-60-75-62-100(111(66-77-59-73-32-11-14-36-81(73)84-38-16-15-37-82(77)84)97-56-55-87(86-39-17-18-41-89(86)97)85-43-22-34-71-31-10-13-35-79(71)85)94-64-92(72-51-49-68(50-52-72)67-25-4-1-5-26-67)103-90-54-53-78(110-58-57-83(70-29-8-3-9-30-70)88-40-19-21-46-96(88)110)63-101(90)113-108(103)105(94)102(75)104-91-44-24-48-99(107(91)114-106(76)104)112-95-45-20-12-33-74(95)61-93-80(42-23-47-98(93)112)69-27-6-2-7-28-69/h1-57,59-64,98H,58,66H2. The summed E-state index contributed by atoms with van der Waals surface area (Å²) in [7, 11) is 0. The largest absolute Gasteiger partial charge is 0.455 e. The van der Waals surface area contributed by atoms with E-state index in [0.717, 1.165) is 149 Å². The van der Waals surface area contributed by atoms with Crippen molar-refractivity contribution in [3.63, 3.8) is 0 Å². The van der Waals surface area contributed by atoms with Crippen molar-refractivity contribution >= 4 is 160 Å². The molecule has 3 aliphatic rings. The molecule has 2 aromatic heterocycles. The molecule has 2 aliphatic heterocycles. The number of nitriles is 1. The lowest BCUT2D eigenvalue weighted by atomic mass is 9.83. The summed E-state index contributed by atoms with van der Waals surface area (Å²) < 4.78 is 15.7. The highest BCUT2D eigenvalue weighted by Gasteiger charge is 2.36. The topological polar surface area (TPSA) is 59.8 Å². The van der Waals surface area contributed by atoms with Crippen LogP contribution in [0.4, 0.5) is 34.1 Å². The second-order valence-corrected chi connectivity index (χ2v) is 30.3. The Morgan fingerprint density at radius 1 is 0.368 bits per heavy atom. The average Bonchev–Trinajstić information content (AvgIpc) is 1.50. The van der Waals surface area contributed by atoms with Crippen molar-refractivity contribution in [2.24, 2.45) is 0 Å². The van der Waals surface area contributed by atoms with Crippen molar-refractivity contribution < 1.29 is 8.83 Å². The zero-order valence-electron chi connectivity index (χ0n) is 62.0. The molecule has 0 fully saturated rings. The van der Waals surface area contributed by atoms with Crippen LogP contribution in [0.15, 0.2) is 391 Å². The second kappa shape index (κ2) is 26.1. The normalized spacial score (nSPS) is 14.0. The number of fused-ring (bicyclic) bond motifs is 19. The molecule has 114 heavy (non-hydrogen) atoms. The number of allylic oxidation sites excluding steroid dienone is 2. The van der Waals surface area contributed by atoms with E-state index >= 15 is 0 Å². The first-order valence-corrected chi connectivity index (χ1v) is 39.2. The van der Waals surface area contributed by atoms with Gasteiger partial charge >= 0.3 is 0 Å². The summed E-state index contributed by atoms with van der Waals surface area (Å²) in [4.78, 5) is 7.43. The zero-order valence-corrected chi connectivity index (χ0v) is 62.0. The number of rotatable bonds is 11. The van der Waals surface area contributed by atoms with Gasteiger partial charge in [-0.2, -0.15) is 5.26 Å². The van der Waals surface area contributed by atoms with Gasteiger partial charge in [0.1, 0.15) is 17.2 Å². The summed E-state index contributed by atoms with van der Waals surface area (Å²) in [5, 5.41) is 28.7. The molecule has 0 N–H and O–H groups in total. The summed E-state index contributed by atoms with van der Waals surface area (Å²) in [5.41, 5.74) is 25.2. The highest BCUT2D eigenvalue weighted by molar-refractivity contribution is 6.37. The monoisotopic (exact) mass is 1450 g/mol. The molecule has 1 aliphatic carbocycles. The fourth-order valence-electron chi connectivity index (χ4n) is 19.1. The van der Waals surface area contributed by atoms with E-state index in [1.165, 1.54) is 60.3 Å². The van der Waals surface area contributed by atoms with Gasteiger partial charge in [-0.15, -0.1) is 0 Å². The summed E-state index contributed by atoms with van der Waals surface area (Å²) in [6.07, 6.45) is 11.4. The molecule has 0 amide bonds. The Hall–Kier alpha value is -15.0. The highest BCUT2D eigenvalue weighted by Crippen LogP contribution is 2.55.